The first-order valence-corrected chi connectivity index (χ1v) is 21.1. The van der Waals surface area contributed by atoms with Gasteiger partial charge in [0.2, 0.25) is 0 Å². The van der Waals surface area contributed by atoms with E-state index in [4.69, 9.17) is 53.3 Å². The molecule has 0 N–H and O–H groups in total. The fourth-order valence-corrected chi connectivity index (χ4v) is 4.29. The lowest BCUT2D eigenvalue weighted by molar-refractivity contribution is 0.932. The predicted octanol–water partition coefficient (Wildman–Crippen LogP) is 11.9. The van der Waals surface area contributed by atoms with Crippen molar-refractivity contribution >= 4 is 64.7 Å². The van der Waals surface area contributed by atoms with Gasteiger partial charge in [-0.25, -0.2) is 30.1 Å². The third-order valence-corrected chi connectivity index (χ3v) is 7.15. The third-order valence-electron chi connectivity index (χ3n) is 6.58. The molecule has 0 unspecified atom stereocenters. The maximum absolute atomic E-state index is 5.05. The van der Waals surface area contributed by atoms with Crippen molar-refractivity contribution in [2.75, 3.05) is 11.8 Å². The second-order valence-electron chi connectivity index (χ2n) is 9.88. The Kier molecular flexibility index (Phi) is 22.0. The van der Waals surface area contributed by atoms with Gasteiger partial charge >= 0.3 is 11.4 Å². The highest BCUT2D eigenvalue weighted by atomic mass is 35.8. The van der Waals surface area contributed by atoms with E-state index in [0.29, 0.717) is 11.8 Å². The minimum absolute atomic E-state index is 0.557. The Hall–Kier alpha value is -1.92. The average Bonchev–Trinajstić information content (AvgIpc) is 3.08. The van der Waals surface area contributed by atoms with E-state index in [1.807, 2.05) is 36.4 Å². The van der Waals surface area contributed by atoms with Crippen molar-refractivity contribution in [3.8, 4) is 0 Å². The standard InChI is InChI=1S/C30H30.C6H6.C2H4Cl2.Al.3ClH/c1-3-7-25(8-4-1)11-13-27-15-19-29(20-16-27)23-24-30-21-17-28(18-22-30)14-12-26-9-5-2-6-10-26;1-2-4-6-5-3-1;3-1-2-4;;;;/h1-10,15-22H,11-14,23-24H2;1-6H;1-2H2;;3*1H/q;;;+3;;;/p-3. The molecule has 0 aliphatic rings. The van der Waals surface area contributed by atoms with Crippen LogP contribution < -0.4 is 0 Å². The Morgan fingerprint density at radius 1 is 0.295 bits per heavy atom. The van der Waals surface area contributed by atoms with E-state index >= 15 is 0 Å². The van der Waals surface area contributed by atoms with Gasteiger partial charge in [-0.05, 0) is 71.9 Å². The van der Waals surface area contributed by atoms with Crippen LogP contribution in [0.25, 0.3) is 0 Å². The van der Waals surface area contributed by atoms with Gasteiger partial charge in [0.25, 0.3) is 0 Å². The summed E-state index contributed by atoms with van der Waals surface area (Å²) >= 11 is 8.39. The Morgan fingerprint density at radius 2 is 0.455 bits per heavy atom. The number of rotatable bonds is 10. The van der Waals surface area contributed by atoms with Crippen LogP contribution in [0.4, 0.5) is 0 Å². The zero-order valence-corrected chi connectivity index (χ0v) is 29.9. The van der Waals surface area contributed by atoms with Crippen LogP contribution in [0.2, 0.25) is 0 Å². The highest BCUT2D eigenvalue weighted by Crippen LogP contribution is 2.14. The van der Waals surface area contributed by atoms with Crippen molar-refractivity contribution in [3.63, 3.8) is 0 Å². The maximum atomic E-state index is 5.05. The number of hydrogen-bond donors (Lipinski definition) is 0. The van der Waals surface area contributed by atoms with E-state index in [2.05, 4.69) is 109 Å². The van der Waals surface area contributed by atoms with Gasteiger partial charge in [-0.2, -0.15) is 0 Å². The van der Waals surface area contributed by atoms with Gasteiger partial charge in [-0.15, -0.1) is 23.2 Å². The molecule has 5 rings (SSSR count). The molecule has 5 aromatic carbocycles. The molecule has 0 amide bonds. The predicted molar refractivity (Wildman–Crippen MR) is 199 cm³/mol. The van der Waals surface area contributed by atoms with Crippen molar-refractivity contribution < 1.29 is 0 Å². The van der Waals surface area contributed by atoms with Gasteiger partial charge < -0.3 is 0 Å². The Balaban J connectivity index is 0.000000400. The third kappa shape index (κ3) is 19.5. The number of halogens is 5. The normalized spacial score (nSPS) is 9.75. The van der Waals surface area contributed by atoms with Crippen LogP contribution in [-0.4, -0.2) is 23.1 Å². The lowest BCUT2D eigenvalue weighted by atomic mass is 9.99. The van der Waals surface area contributed by atoms with Gasteiger partial charge in [0.05, 0.1) is 0 Å². The fraction of sp³-hybridized carbons (Fsp3) is 0.211. The average molecular weight is 701 g/mol. The molecule has 0 saturated carbocycles. The van der Waals surface area contributed by atoms with Crippen molar-refractivity contribution in [2.45, 2.75) is 38.5 Å². The molecule has 0 atom stereocenters. The molecule has 0 bridgehead atoms. The van der Waals surface area contributed by atoms with Crippen LogP contribution in [0.3, 0.4) is 0 Å². The van der Waals surface area contributed by atoms with Crippen molar-refractivity contribution in [1.82, 2.24) is 0 Å². The number of hydrogen-bond acceptors (Lipinski definition) is 0. The fourth-order valence-electron chi connectivity index (χ4n) is 4.29. The van der Waals surface area contributed by atoms with E-state index < -0.39 is 11.4 Å². The molecule has 0 saturated heterocycles. The van der Waals surface area contributed by atoms with Crippen molar-refractivity contribution in [2.24, 2.45) is 0 Å². The summed E-state index contributed by atoms with van der Waals surface area (Å²) in [7, 11) is 14.8. The maximum Gasteiger partial charge on any atom is 0.643 e. The van der Waals surface area contributed by atoms with Gasteiger partial charge in [0, 0.05) is 11.8 Å². The molecule has 0 aliphatic carbocycles. The molecule has 6 heteroatoms. The summed E-state index contributed by atoms with van der Waals surface area (Å²) in [6.07, 6.45) is 6.63. The quantitative estimate of drug-likeness (QED) is 0.100. The van der Waals surface area contributed by atoms with E-state index in [1.165, 1.54) is 33.4 Å². The van der Waals surface area contributed by atoms with Gasteiger partial charge in [0.15, 0.2) is 0 Å². The van der Waals surface area contributed by atoms with Gasteiger partial charge in [-0.1, -0.05) is 146 Å². The summed E-state index contributed by atoms with van der Waals surface area (Å²) in [6, 6.07) is 51.9. The van der Waals surface area contributed by atoms with E-state index in [0.717, 1.165) is 38.5 Å². The molecule has 0 aromatic heterocycles. The number of aryl methyl sites for hydroxylation is 6. The van der Waals surface area contributed by atoms with Gasteiger partial charge in [0.1, 0.15) is 0 Å². The second kappa shape index (κ2) is 25.3. The first-order chi connectivity index (χ1) is 21.5. The van der Waals surface area contributed by atoms with E-state index in [9.17, 15) is 0 Å². The SMILES string of the molecule is ClCCCl.[Cl][Al]([Cl])[Cl].c1ccc(CCc2ccc(CCc3ccc(CCc4ccccc4)cc3)cc2)cc1.c1ccccc1. The summed E-state index contributed by atoms with van der Waals surface area (Å²) < 4.78 is 0. The summed E-state index contributed by atoms with van der Waals surface area (Å²) in [6.45, 7) is 0. The second-order valence-corrected chi connectivity index (χ2v) is 17.1. The lowest BCUT2D eigenvalue weighted by Gasteiger charge is -2.07. The molecule has 0 aliphatic heterocycles. The van der Waals surface area contributed by atoms with E-state index in [1.54, 1.807) is 0 Å². The van der Waals surface area contributed by atoms with Crippen LogP contribution in [-0.2, 0) is 38.5 Å². The first kappa shape index (κ1) is 38.3. The van der Waals surface area contributed by atoms with Crippen LogP contribution >= 0.6 is 53.3 Å². The Morgan fingerprint density at radius 3 is 0.636 bits per heavy atom. The number of benzene rings is 5. The van der Waals surface area contributed by atoms with Crippen LogP contribution in [0.15, 0.2) is 146 Å². The molecule has 0 nitrogen and oxygen atoms in total. The zero-order valence-electron chi connectivity index (χ0n) is 25.0. The largest absolute Gasteiger partial charge is 0.643 e. The first-order valence-electron chi connectivity index (χ1n) is 14.8. The zero-order chi connectivity index (χ0) is 31.7. The molecule has 0 spiro atoms. The Bertz CT molecular complexity index is 1210. The van der Waals surface area contributed by atoms with Crippen molar-refractivity contribution in [3.05, 3.63) is 179 Å². The molecule has 5 aromatic rings. The van der Waals surface area contributed by atoms with E-state index in [-0.39, 0.29) is 0 Å². The molecule has 44 heavy (non-hydrogen) atoms. The minimum Gasteiger partial charge on any atom is -0.214 e. The molecule has 0 fully saturated rings. The topological polar surface area (TPSA) is 0 Å². The summed E-state index contributed by atoms with van der Waals surface area (Å²) in [5.74, 6) is 1.11. The molecule has 0 heterocycles. The molecule has 0 radical (unpaired) electrons. The highest BCUT2D eigenvalue weighted by Gasteiger charge is 2.01. The summed E-state index contributed by atoms with van der Waals surface area (Å²) in [4.78, 5) is 0. The van der Waals surface area contributed by atoms with Crippen LogP contribution in [0.1, 0.15) is 33.4 Å². The van der Waals surface area contributed by atoms with Gasteiger partial charge in [-0.3, -0.25) is 0 Å². The highest BCUT2D eigenvalue weighted by molar-refractivity contribution is 7.54. The minimum atomic E-state index is -1.72. The smallest absolute Gasteiger partial charge is 0.214 e. The van der Waals surface area contributed by atoms with Crippen LogP contribution in [0, 0.1) is 0 Å². The summed E-state index contributed by atoms with van der Waals surface area (Å²) in [5, 5.41) is 0. The molecular formula is C38H40AlCl5. The molecular weight excluding hydrogens is 661 g/mol. The monoisotopic (exact) mass is 698 g/mol. The van der Waals surface area contributed by atoms with Crippen LogP contribution in [0.5, 0.6) is 0 Å². The lowest BCUT2D eigenvalue weighted by Crippen LogP contribution is -1.95. The molecule has 230 valence electrons. The van der Waals surface area contributed by atoms with Crippen molar-refractivity contribution in [1.29, 1.82) is 0 Å². The Labute approximate surface area is 291 Å². The number of alkyl halides is 2. The summed E-state index contributed by atoms with van der Waals surface area (Å²) in [5.41, 5.74) is 8.51.